The van der Waals surface area contributed by atoms with Gasteiger partial charge in [-0.3, -0.25) is 0 Å². The molecule has 0 saturated carbocycles. The predicted octanol–water partition coefficient (Wildman–Crippen LogP) is 3.07. The molecule has 1 rings (SSSR count). The van der Waals surface area contributed by atoms with Crippen LogP contribution in [0.1, 0.15) is 53.4 Å². The average molecular weight is 313 g/mol. The molecule has 0 aromatic rings. The molecule has 0 fully saturated rings. The number of esters is 1. The summed E-state index contributed by atoms with van der Waals surface area (Å²) in [7, 11) is 0. The van der Waals surface area contributed by atoms with Crippen LogP contribution >= 0.6 is 0 Å². The molecule has 0 saturated heterocycles. The molecule has 6 heteroatoms. The van der Waals surface area contributed by atoms with Crippen LogP contribution in [0, 0.1) is 5.92 Å². The molecule has 0 aromatic carbocycles. The fourth-order valence-corrected chi connectivity index (χ4v) is 2.33. The Balaban J connectivity index is 2.64. The minimum Gasteiger partial charge on any atom is -0.513 e. The second-order valence-electron chi connectivity index (χ2n) is 6.52. The van der Waals surface area contributed by atoms with E-state index in [1.54, 1.807) is 33.8 Å². The van der Waals surface area contributed by atoms with Crippen LogP contribution in [0.15, 0.2) is 11.8 Å². The molecule has 0 radical (unpaired) electrons. The molecule has 126 valence electrons. The maximum absolute atomic E-state index is 12.0. The third kappa shape index (κ3) is 6.83. The van der Waals surface area contributed by atoms with Crippen LogP contribution in [0.25, 0.3) is 0 Å². The zero-order valence-corrected chi connectivity index (χ0v) is 13.8. The van der Waals surface area contributed by atoms with Gasteiger partial charge in [-0.05, 0) is 59.0 Å². The highest BCUT2D eigenvalue weighted by Crippen LogP contribution is 2.26. The van der Waals surface area contributed by atoms with Crippen molar-refractivity contribution >= 4 is 12.1 Å². The zero-order chi connectivity index (χ0) is 16.8. The smallest absolute Gasteiger partial charge is 0.408 e. The highest BCUT2D eigenvalue weighted by atomic mass is 16.6. The summed E-state index contributed by atoms with van der Waals surface area (Å²) in [6.07, 6.45) is 3.70. The van der Waals surface area contributed by atoms with Crippen molar-refractivity contribution in [1.82, 2.24) is 5.32 Å². The van der Waals surface area contributed by atoms with E-state index in [0.717, 1.165) is 6.42 Å². The molecule has 0 heterocycles. The fraction of sp³-hybridized carbons (Fsp3) is 0.750. The van der Waals surface area contributed by atoms with Crippen LogP contribution in [-0.2, 0) is 14.3 Å². The summed E-state index contributed by atoms with van der Waals surface area (Å²) in [6.45, 7) is 7.28. The molecule has 22 heavy (non-hydrogen) atoms. The molecule has 0 bridgehead atoms. The Morgan fingerprint density at radius 1 is 1.45 bits per heavy atom. The minimum absolute atomic E-state index is 0.222. The average Bonchev–Trinajstić information content (AvgIpc) is 2.38. The van der Waals surface area contributed by atoms with Crippen molar-refractivity contribution < 1.29 is 24.2 Å². The van der Waals surface area contributed by atoms with Gasteiger partial charge in [-0.15, -0.1) is 0 Å². The number of amides is 1. The summed E-state index contributed by atoms with van der Waals surface area (Å²) in [6, 6.07) is -0.728. The van der Waals surface area contributed by atoms with Gasteiger partial charge in [0.1, 0.15) is 11.6 Å². The van der Waals surface area contributed by atoms with Crippen molar-refractivity contribution in [2.45, 2.75) is 65.0 Å². The first-order valence-electron chi connectivity index (χ1n) is 7.75. The number of carbonyl (C=O) groups excluding carboxylic acids is 2. The Kier molecular flexibility index (Phi) is 6.71. The quantitative estimate of drug-likeness (QED) is 0.762. The largest absolute Gasteiger partial charge is 0.513 e. The normalized spacial score (nSPS) is 19.8. The topological polar surface area (TPSA) is 84.9 Å². The zero-order valence-electron chi connectivity index (χ0n) is 13.8. The molecule has 1 amide bonds. The van der Waals surface area contributed by atoms with E-state index in [1.807, 2.05) is 0 Å². The van der Waals surface area contributed by atoms with Crippen LogP contribution < -0.4 is 5.32 Å². The summed E-state index contributed by atoms with van der Waals surface area (Å²) in [4.78, 5) is 23.9. The summed E-state index contributed by atoms with van der Waals surface area (Å²) in [5, 5.41) is 12.0. The number of carbonyl (C=O) groups is 2. The summed E-state index contributed by atoms with van der Waals surface area (Å²) in [5.74, 6) is 0.163. The van der Waals surface area contributed by atoms with Gasteiger partial charge < -0.3 is 19.9 Å². The molecule has 0 aliphatic heterocycles. The molecule has 2 N–H and O–H groups in total. The molecular formula is C16H27NO5. The molecule has 1 aliphatic rings. The molecule has 2 atom stereocenters. The van der Waals surface area contributed by atoms with Crippen LogP contribution in [-0.4, -0.2) is 35.4 Å². The number of aliphatic hydroxyl groups excluding tert-OH is 1. The molecule has 0 aromatic heterocycles. The van der Waals surface area contributed by atoms with E-state index >= 15 is 0 Å². The highest BCUT2D eigenvalue weighted by molar-refractivity contribution is 5.81. The van der Waals surface area contributed by atoms with Gasteiger partial charge in [0.2, 0.25) is 0 Å². The maximum atomic E-state index is 12.0. The van der Waals surface area contributed by atoms with Gasteiger partial charge in [0.05, 0.1) is 12.4 Å². The minimum atomic E-state index is -0.728. The van der Waals surface area contributed by atoms with E-state index in [0.29, 0.717) is 25.0 Å². The monoisotopic (exact) mass is 313 g/mol. The van der Waals surface area contributed by atoms with Crippen LogP contribution in [0.2, 0.25) is 0 Å². The number of ether oxygens (including phenoxy) is 2. The number of nitrogens with one attached hydrogen (secondary N) is 1. The third-order valence-electron chi connectivity index (χ3n) is 3.33. The lowest BCUT2D eigenvalue weighted by atomic mass is 9.88. The fourth-order valence-electron chi connectivity index (χ4n) is 2.33. The molecule has 6 nitrogen and oxygen atoms in total. The van der Waals surface area contributed by atoms with E-state index in [-0.39, 0.29) is 12.5 Å². The number of aliphatic hydroxyl groups is 1. The third-order valence-corrected chi connectivity index (χ3v) is 3.33. The predicted molar refractivity (Wildman–Crippen MR) is 82.5 cm³/mol. The first-order valence-corrected chi connectivity index (χ1v) is 7.75. The van der Waals surface area contributed by atoms with Gasteiger partial charge in [0.15, 0.2) is 0 Å². The number of allylic oxidation sites excluding steroid dienone is 2. The highest BCUT2D eigenvalue weighted by Gasteiger charge is 2.28. The van der Waals surface area contributed by atoms with Gasteiger partial charge in [0, 0.05) is 6.42 Å². The van der Waals surface area contributed by atoms with Crippen molar-refractivity contribution in [1.29, 1.82) is 0 Å². The number of hydrogen-bond donors (Lipinski definition) is 2. The van der Waals surface area contributed by atoms with Gasteiger partial charge >= 0.3 is 12.1 Å². The molecule has 1 unspecified atom stereocenters. The maximum Gasteiger partial charge on any atom is 0.408 e. The van der Waals surface area contributed by atoms with E-state index in [4.69, 9.17) is 9.47 Å². The van der Waals surface area contributed by atoms with E-state index in [2.05, 4.69) is 5.32 Å². The van der Waals surface area contributed by atoms with Crippen molar-refractivity contribution in [3.05, 3.63) is 11.8 Å². The Morgan fingerprint density at radius 2 is 2.14 bits per heavy atom. The summed E-state index contributed by atoms with van der Waals surface area (Å²) >= 11 is 0. The van der Waals surface area contributed by atoms with Crippen LogP contribution in [0.4, 0.5) is 4.79 Å². The second-order valence-corrected chi connectivity index (χ2v) is 6.52. The molecular weight excluding hydrogens is 286 g/mol. The lowest BCUT2D eigenvalue weighted by molar-refractivity contribution is -0.146. The van der Waals surface area contributed by atoms with Gasteiger partial charge in [-0.2, -0.15) is 0 Å². The standard InChI is InChI=1S/C16H27NO5/c1-5-21-14(19)13(17-15(20)22-16(2,3)4)10-11-6-8-12(18)9-7-11/h8,11,13,18H,5-7,9-10H2,1-4H3,(H,17,20)/t11?,13-/m0/s1. The van der Waals surface area contributed by atoms with Crippen molar-refractivity contribution in [2.24, 2.45) is 5.92 Å². The lowest BCUT2D eigenvalue weighted by Crippen LogP contribution is -2.45. The molecule has 0 spiro atoms. The number of rotatable bonds is 5. The number of alkyl carbamates (subject to hydrolysis) is 1. The van der Waals surface area contributed by atoms with Crippen molar-refractivity contribution in [3.63, 3.8) is 0 Å². The van der Waals surface area contributed by atoms with Gasteiger partial charge in [-0.1, -0.05) is 0 Å². The van der Waals surface area contributed by atoms with Gasteiger partial charge in [-0.25, -0.2) is 9.59 Å². The van der Waals surface area contributed by atoms with E-state index in [9.17, 15) is 14.7 Å². The number of hydrogen-bond acceptors (Lipinski definition) is 5. The van der Waals surface area contributed by atoms with E-state index < -0.39 is 23.7 Å². The lowest BCUT2D eigenvalue weighted by Gasteiger charge is -2.26. The van der Waals surface area contributed by atoms with E-state index in [1.165, 1.54) is 0 Å². The first-order chi connectivity index (χ1) is 10.2. The Labute approximate surface area is 131 Å². The van der Waals surface area contributed by atoms with Crippen LogP contribution in [0.3, 0.4) is 0 Å². The SMILES string of the molecule is CCOC(=O)[C@H](CC1CC=C(O)CC1)NC(=O)OC(C)(C)C. The van der Waals surface area contributed by atoms with Gasteiger partial charge in [0.25, 0.3) is 0 Å². The Morgan fingerprint density at radius 3 is 2.64 bits per heavy atom. The summed E-state index contributed by atoms with van der Waals surface area (Å²) in [5.41, 5.74) is -0.622. The Hall–Kier alpha value is -1.72. The molecule has 1 aliphatic carbocycles. The summed E-state index contributed by atoms with van der Waals surface area (Å²) < 4.78 is 10.2. The van der Waals surface area contributed by atoms with Crippen LogP contribution in [0.5, 0.6) is 0 Å². The first kappa shape index (κ1) is 18.3. The Bertz CT molecular complexity index is 425. The van der Waals surface area contributed by atoms with Crippen molar-refractivity contribution in [3.8, 4) is 0 Å². The second kappa shape index (κ2) is 8.06. The van der Waals surface area contributed by atoms with Crippen molar-refractivity contribution in [2.75, 3.05) is 6.61 Å².